The molecule has 0 aromatic carbocycles. The van der Waals surface area contributed by atoms with E-state index in [0.29, 0.717) is 12.8 Å². The van der Waals surface area contributed by atoms with Crippen molar-refractivity contribution in [1.82, 2.24) is 14.9 Å². The Hall–Kier alpha value is -2.41. The Kier molecular flexibility index (Phi) is 3.76. The van der Waals surface area contributed by atoms with Crippen LogP contribution < -0.4 is 16.2 Å². The fourth-order valence-corrected chi connectivity index (χ4v) is 4.01. The largest absolute Gasteiger partial charge is 0.348 e. The van der Waals surface area contributed by atoms with E-state index >= 15 is 0 Å². The lowest BCUT2D eigenvalue weighted by molar-refractivity contribution is 0.0877. The lowest BCUT2D eigenvalue weighted by atomic mass is 9.89. The number of anilines is 2. The first kappa shape index (κ1) is 16.1. The maximum atomic E-state index is 13.9. The quantitative estimate of drug-likeness (QED) is 0.860. The summed E-state index contributed by atoms with van der Waals surface area (Å²) in [5, 5.41) is 5.89. The Bertz CT molecular complexity index is 921. The molecule has 1 saturated carbocycles. The molecule has 25 heavy (non-hydrogen) atoms. The molecule has 4 rings (SSSR count). The molecule has 1 fully saturated rings. The smallest absolute Gasteiger partial charge is 0.276 e. The van der Waals surface area contributed by atoms with Gasteiger partial charge in [0.25, 0.3) is 11.5 Å². The van der Waals surface area contributed by atoms with E-state index in [9.17, 15) is 14.0 Å². The number of carbonyl (C=O) groups is 1. The van der Waals surface area contributed by atoms with Crippen LogP contribution in [0.25, 0.3) is 0 Å². The molecule has 8 heteroatoms. The average Bonchev–Trinajstić information content (AvgIpc) is 2.87. The van der Waals surface area contributed by atoms with Crippen LogP contribution in [0.3, 0.4) is 0 Å². The summed E-state index contributed by atoms with van der Waals surface area (Å²) in [5.74, 6) is -0.921. The average molecular weight is 363 g/mol. The Morgan fingerprint density at radius 2 is 2.00 bits per heavy atom. The molecule has 0 radical (unpaired) electrons. The molecule has 3 heterocycles. The van der Waals surface area contributed by atoms with Gasteiger partial charge < -0.3 is 10.6 Å². The zero-order valence-corrected chi connectivity index (χ0v) is 14.1. The number of carbonyl (C=O) groups excluding carboxylic acids is 1. The topological polar surface area (TPSA) is 76.0 Å². The zero-order chi connectivity index (χ0) is 17.6. The SMILES string of the molecule is O=C1NC2(CCCCC2)n2c1c(Cl)cc(Nc1ccncc1F)c2=O. The summed E-state index contributed by atoms with van der Waals surface area (Å²) < 4.78 is 15.3. The first-order valence-corrected chi connectivity index (χ1v) is 8.55. The van der Waals surface area contributed by atoms with E-state index in [4.69, 9.17) is 11.6 Å². The second-order valence-corrected chi connectivity index (χ2v) is 6.83. The summed E-state index contributed by atoms with van der Waals surface area (Å²) in [5.41, 5.74) is -0.705. The monoisotopic (exact) mass is 362 g/mol. The second kappa shape index (κ2) is 5.84. The third-order valence-corrected chi connectivity index (χ3v) is 5.15. The molecule has 2 aromatic rings. The number of pyridine rings is 2. The van der Waals surface area contributed by atoms with Crippen molar-refractivity contribution < 1.29 is 9.18 Å². The highest BCUT2D eigenvalue weighted by molar-refractivity contribution is 6.34. The van der Waals surface area contributed by atoms with Crippen molar-refractivity contribution >= 4 is 28.9 Å². The van der Waals surface area contributed by atoms with Crippen LogP contribution in [-0.2, 0) is 5.66 Å². The third kappa shape index (κ3) is 2.50. The minimum Gasteiger partial charge on any atom is -0.348 e. The van der Waals surface area contributed by atoms with Gasteiger partial charge in [-0.15, -0.1) is 0 Å². The fourth-order valence-electron chi connectivity index (χ4n) is 3.73. The number of rotatable bonds is 2. The molecular weight excluding hydrogens is 347 g/mol. The third-order valence-electron chi connectivity index (χ3n) is 4.87. The lowest BCUT2D eigenvalue weighted by Gasteiger charge is -2.35. The minimum atomic E-state index is -0.736. The molecule has 2 aromatic heterocycles. The van der Waals surface area contributed by atoms with E-state index in [1.54, 1.807) is 0 Å². The number of hydrogen-bond acceptors (Lipinski definition) is 4. The lowest BCUT2D eigenvalue weighted by Crippen LogP contribution is -2.48. The van der Waals surface area contributed by atoms with Crippen LogP contribution in [0.5, 0.6) is 0 Å². The molecule has 1 spiro atoms. The molecule has 1 amide bonds. The standard InChI is InChI=1S/C17H16ClFN4O2/c18-10-8-13(21-12-4-7-20-9-11(12)19)16(25)23-14(10)15(24)22-17(23)5-2-1-3-6-17/h4,7-9H,1-3,5-6H2,(H,20,21)(H,22,24). The Morgan fingerprint density at radius 3 is 2.72 bits per heavy atom. The minimum absolute atomic E-state index is 0.124. The molecule has 1 aliphatic carbocycles. The maximum absolute atomic E-state index is 13.9. The van der Waals surface area contributed by atoms with Crippen LogP contribution in [0.15, 0.2) is 29.3 Å². The van der Waals surface area contributed by atoms with E-state index in [0.717, 1.165) is 25.5 Å². The van der Waals surface area contributed by atoms with Crippen LogP contribution in [0.4, 0.5) is 15.8 Å². The maximum Gasteiger partial charge on any atom is 0.276 e. The van der Waals surface area contributed by atoms with Crippen LogP contribution >= 0.6 is 11.6 Å². The molecule has 0 saturated heterocycles. The van der Waals surface area contributed by atoms with Gasteiger partial charge in [-0.3, -0.25) is 19.1 Å². The Morgan fingerprint density at radius 1 is 1.24 bits per heavy atom. The van der Waals surface area contributed by atoms with Crippen LogP contribution in [0.1, 0.15) is 42.6 Å². The van der Waals surface area contributed by atoms with Crippen LogP contribution in [0.2, 0.25) is 5.02 Å². The fraction of sp³-hybridized carbons (Fsp3) is 0.353. The van der Waals surface area contributed by atoms with Crippen molar-refractivity contribution in [3.63, 3.8) is 0 Å². The molecule has 2 N–H and O–H groups in total. The summed E-state index contributed by atoms with van der Waals surface area (Å²) in [6.07, 6.45) is 6.73. The summed E-state index contributed by atoms with van der Waals surface area (Å²) in [7, 11) is 0. The number of halogens is 2. The number of aromatic nitrogens is 2. The van der Waals surface area contributed by atoms with Crippen molar-refractivity contribution in [3.8, 4) is 0 Å². The van der Waals surface area contributed by atoms with Gasteiger partial charge in [0.2, 0.25) is 0 Å². The van der Waals surface area contributed by atoms with Gasteiger partial charge in [-0.25, -0.2) is 4.39 Å². The van der Waals surface area contributed by atoms with E-state index in [1.807, 2.05) is 0 Å². The van der Waals surface area contributed by atoms with Gasteiger partial charge in [-0.05, 0) is 37.8 Å². The second-order valence-electron chi connectivity index (χ2n) is 6.42. The number of fused-ring (bicyclic) bond motifs is 2. The summed E-state index contributed by atoms with van der Waals surface area (Å²) in [6.45, 7) is 0. The highest BCUT2D eigenvalue weighted by atomic mass is 35.5. The first-order valence-electron chi connectivity index (χ1n) is 8.17. The summed E-state index contributed by atoms with van der Waals surface area (Å²) in [4.78, 5) is 29.1. The summed E-state index contributed by atoms with van der Waals surface area (Å²) in [6, 6.07) is 2.80. The van der Waals surface area contributed by atoms with Crippen LogP contribution in [-0.4, -0.2) is 15.5 Å². The molecule has 6 nitrogen and oxygen atoms in total. The number of nitrogens with zero attached hydrogens (tertiary/aromatic N) is 2. The number of amides is 1. The predicted octanol–water partition coefficient (Wildman–Crippen LogP) is 3.14. The van der Waals surface area contributed by atoms with Crippen molar-refractivity contribution in [2.75, 3.05) is 5.32 Å². The Balaban J connectivity index is 1.86. The van der Waals surface area contributed by atoms with Crippen molar-refractivity contribution in [1.29, 1.82) is 0 Å². The highest BCUT2D eigenvalue weighted by Gasteiger charge is 2.45. The van der Waals surface area contributed by atoms with Gasteiger partial charge in [0.15, 0.2) is 5.82 Å². The molecule has 0 unspecified atom stereocenters. The summed E-state index contributed by atoms with van der Waals surface area (Å²) >= 11 is 6.28. The predicted molar refractivity (Wildman–Crippen MR) is 91.7 cm³/mol. The number of hydrogen-bond donors (Lipinski definition) is 2. The molecule has 130 valence electrons. The van der Waals surface area contributed by atoms with Crippen molar-refractivity contribution in [2.24, 2.45) is 0 Å². The van der Waals surface area contributed by atoms with Crippen molar-refractivity contribution in [2.45, 2.75) is 37.8 Å². The van der Waals surface area contributed by atoms with Crippen molar-refractivity contribution in [3.05, 3.63) is 51.4 Å². The first-order chi connectivity index (χ1) is 12.0. The zero-order valence-electron chi connectivity index (χ0n) is 13.3. The molecule has 0 bridgehead atoms. The van der Waals surface area contributed by atoms with E-state index < -0.39 is 17.0 Å². The number of nitrogens with one attached hydrogen (secondary N) is 2. The van der Waals surface area contributed by atoms with Gasteiger partial charge in [-0.2, -0.15) is 0 Å². The molecule has 1 aliphatic heterocycles. The van der Waals surface area contributed by atoms with Gasteiger partial charge in [0, 0.05) is 6.20 Å². The van der Waals surface area contributed by atoms with Gasteiger partial charge >= 0.3 is 0 Å². The highest BCUT2D eigenvalue weighted by Crippen LogP contribution is 2.38. The van der Waals surface area contributed by atoms with E-state index in [1.165, 1.54) is 22.9 Å². The Labute approximate surface area is 148 Å². The van der Waals surface area contributed by atoms with E-state index in [-0.39, 0.29) is 28.0 Å². The van der Waals surface area contributed by atoms with Gasteiger partial charge in [0.05, 0.1) is 16.9 Å². The van der Waals surface area contributed by atoms with Crippen LogP contribution in [0, 0.1) is 5.82 Å². The molecule has 2 aliphatic rings. The van der Waals surface area contributed by atoms with E-state index in [2.05, 4.69) is 15.6 Å². The van der Waals surface area contributed by atoms with Gasteiger partial charge in [0.1, 0.15) is 17.0 Å². The van der Waals surface area contributed by atoms with Gasteiger partial charge in [-0.1, -0.05) is 18.0 Å². The molecule has 0 atom stereocenters. The molecular formula is C17H16ClFN4O2. The normalized spacial score (nSPS) is 18.1.